The second kappa shape index (κ2) is 7.51. The van der Waals surface area contributed by atoms with E-state index in [1.807, 2.05) is 0 Å². The van der Waals surface area contributed by atoms with Gasteiger partial charge in [-0.15, -0.1) is 11.6 Å². The lowest BCUT2D eigenvalue weighted by Crippen LogP contribution is -2.44. The summed E-state index contributed by atoms with van der Waals surface area (Å²) in [7, 11) is 0. The summed E-state index contributed by atoms with van der Waals surface area (Å²) in [6.07, 6.45) is 1.80. The summed E-state index contributed by atoms with van der Waals surface area (Å²) in [6, 6.07) is -0.798. The van der Waals surface area contributed by atoms with E-state index >= 15 is 0 Å². The minimum Gasteiger partial charge on any atom is -0.480 e. The van der Waals surface area contributed by atoms with Gasteiger partial charge in [0.1, 0.15) is 6.04 Å². The van der Waals surface area contributed by atoms with E-state index in [-0.39, 0.29) is 11.8 Å². The number of aliphatic carboxylic acids is 1. The number of alkyl halides is 1. The van der Waals surface area contributed by atoms with Crippen LogP contribution in [-0.4, -0.2) is 28.9 Å². The van der Waals surface area contributed by atoms with Crippen LogP contribution in [0.3, 0.4) is 0 Å². The monoisotopic (exact) mass is 235 g/mol. The normalized spacial score (nSPS) is 12.5. The Kier molecular flexibility index (Phi) is 7.13. The molecule has 0 saturated carbocycles. The number of rotatable bonds is 7. The minimum absolute atomic E-state index is 0.112. The maximum atomic E-state index is 11.3. The maximum Gasteiger partial charge on any atom is 0.326 e. The van der Waals surface area contributed by atoms with Crippen LogP contribution in [-0.2, 0) is 9.59 Å². The molecule has 88 valence electrons. The number of carbonyl (C=O) groups excluding carboxylic acids is 1. The van der Waals surface area contributed by atoms with Gasteiger partial charge in [0.2, 0.25) is 5.91 Å². The average molecular weight is 236 g/mol. The first-order valence-corrected chi connectivity index (χ1v) is 5.60. The Hall–Kier alpha value is -0.770. The number of carboxylic acid groups (broad SMARTS) is 1. The molecule has 0 aliphatic rings. The van der Waals surface area contributed by atoms with Gasteiger partial charge in [0.15, 0.2) is 0 Å². The molecule has 15 heavy (non-hydrogen) atoms. The molecule has 0 aliphatic heterocycles. The van der Waals surface area contributed by atoms with Gasteiger partial charge < -0.3 is 10.4 Å². The molecule has 0 aliphatic carbocycles. The maximum absolute atomic E-state index is 11.3. The highest BCUT2D eigenvalue weighted by molar-refractivity contribution is 6.17. The summed E-state index contributed by atoms with van der Waals surface area (Å²) in [5.74, 6) is -0.795. The van der Waals surface area contributed by atoms with Gasteiger partial charge in [-0.2, -0.15) is 0 Å². The first-order valence-electron chi connectivity index (χ1n) is 5.07. The third-order valence-electron chi connectivity index (χ3n) is 2.04. The van der Waals surface area contributed by atoms with Gasteiger partial charge in [-0.1, -0.05) is 13.8 Å². The summed E-state index contributed by atoms with van der Waals surface area (Å²) < 4.78 is 0. The minimum atomic E-state index is -0.990. The van der Waals surface area contributed by atoms with E-state index in [9.17, 15) is 9.59 Å². The van der Waals surface area contributed by atoms with E-state index in [2.05, 4.69) is 5.32 Å². The zero-order valence-corrected chi connectivity index (χ0v) is 9.88. The van der Waals surface area contributed by atoms with Gasteiger partial charge in [-0.3, -0.25) is 4.79 Å². The van der Waals surface area contributed by atoms with Crippen LogP contribution in [0.2, 0.25) is 0 Å². The molecule has 1 atom stereocenters. The fraction of sp³-hybridized carbons (Fsp3) is 0.800. The topological polar surface area (TPSA) is 66.4 Å². The van der Waals surface area contributed by atoms with Crippen LogP contribution in [0.25, 0.3) is 0 Å². The fourth-order valence-corrected chi connectivity index (χ4v) is 1.33. The Morgan fingerprint density at radius 3 is 2.33 bits per heavy atom. The molecular formula is C10H18ClNO3. The predicted molar refractivity (Wildman–Crippen MR) is 59.0 cm³/mol. The van der Waals surface area contributed by atoms with Gasteiger partial charge in [0.05, 0.1) is 0 Å². The highest BCUT2D eigenvalue weighted by Gasteiger charge is 2.22. The fourth-order valence-electron chi connectivity index (χ4n) is 1.14. The van der Waals surface area contributed by atoms with E-state index in [4.69, 9.17) is 16.7 Å². The number of halogens is 1. The van der Waals surface area contributed by atoms with E-state index in [0.717, 1.165) is 6.42 Å². The molecule has 2 N–H and O–H groups in total. The summed E-state index contributed by atoms with van der Waals surface area (Å²) in [5.41, 5.74) is 0. The predicted octanol–water partition coefficient (Wildman–Crippen LogP) is 1.62. The Labute approximate surface area is 95.0 Å². The lowest BCUT2D eigenvalue weighted by atomic mass is 10.0. The number of hydrogen-bond donors (Lipinski definition) is 2. The zero-order chi connectivity index (χ0) is 11.8. The van der Waals surface area contributed by atoms with Crippen molar-refractivity contribution in [3.63, 3.8) is 0 Å². The molecule has 1 unspecified atom stereocenters. The number of carbonyl (C=O) groups is 2. The van der Waals surface area contributed by atoms with Crippen molar-refractivity contribution in [2.24, 2.45) is 5.92 Å². The number of amides is 1. The van der Waals surface area contributed by atoms with Crippen molar-refractivity contribution in [2.45, 2.75) is 39.2 Å². The van der Waals surface area contributed by atoms with Crippen molar-refractivity contribution in [3.05, 3.63) is 0 Å². The van der Waals surface area contributed by atoms with Crippen LogP contribution in [0, 0.1) is 5.92 Å². The van der Waals surface area contributed by atoms with Gasteiger partial charge in [0.25, 0.3) is 0 Å². The van der Waals surface area contributed by atoms with Crippen molar-refractivity contribution in [3.8, 4) is 0 Å². The molecule has 0 rings (SSSR count). The van der Waals surface area contributed by atoms with Crippen molar-refractivity contribution in [1.82, 2.24) is 5.32 Å². The second-order valence-electron chi connectivity index (χ2n) is 3.77. The van der Waals surface area contributed by atoms with Crippen LogP contribution < -0.4 is 5.32 Å². The molecule has 1 amide bonds. The Morgan fingerprint density at radius 1 is 1.33 bits per heavy atom. The van der Waals surface area contributed by atoms with Gasteiger partial charge in [0, 0.05) is 12.3 Å². The summed E-state index contributed by atoms with van der Waals surface area (Å²) in [4.78, 5) is 22.1. The lowest BCUT2D eigenvalue weighted by molar-refractivity contribution is -0.143. The molecule has 5 heteroatoms. The van der Waals surface area contributed by atoms with Crippen molar-refractivity contribution in [2.75, 3.05) is 5.88 Å². The highest BCUT2D eigenvalue weighted by atomic mass is 35.5. The second-order valence-corrected chi connectivity index (χ2v) is 4.15. The van der Waals surface area contributed by atoms with E-state index in [0.29, 0.717) is 18.7 Å². The molecule has 4 nitrogen and oxygen atoms in total. The van der Waals surface area contributed by atoms with E-state index in [1.165, 1.54) is 0 Å². The molecule has 0 fully saturated rings. The van der Waals surface area contributed by atoms with Crippen LogP contribution in [0.15, 0.2) is 0 Å². The molecule has 0 aromatic heterocycles. The first kappa shape index (κ1) is 14.2. The van der Waals surface area contributed by atoms with Crippen LogP contribution in [0.5, 0.6) is 0 Å². The number of unbranched alkanes of at least 4 members (excludes halogenated alkanes) is 1. The molecule has 0 heterocycles. The molecule has 0 aromatic carbocycles. The van der Waals surface area contributed by atoms with Crippen molar-refractivity contribution >= 4 is 23.5 Å². The van der Waals surface area contributed by atoms with E-state index in [1.54, 1.807) is 13.8 Å². The van der Waals surface area contributed by atoms with Crippen LogP contribution in [0.4, 0.5) is 0 Å². The average Bonchev–Trinajstić information content (AvgIpc) is 2.13. The third kappa shape index (κ3) is 6.33. The number of carboxylic acids is 1. The third-order valence-corrected chi connectivity index (χ3v) is 2.30. The van der Waals surface area contributed by atoms with Crippen molar-refractivity contribution < 1.29 is 14.7 Å². The molecular weight excluding hydrogens is 218 g/mol. The summed E-state index contributed by atoms with van der Waals surface area (Å²) in [5, 5.41) is 11.3. The SMILES string of the molecule is CC(C)C(NC(=O)CCCCCl)C(=O)O. The molecule has 0 saturated heterocycles. The quantitative estimate of drug-likeness (QED) is 0.521. The molecule has 0 aromatic rings. The molecule has 0 radical (unpaired) electrons. The van der Waals surface area contributed by atoms with Crippen LogP contribution in [0.1, 0.15) is 33.1 Å². The summed E-state index contributed by atoms with van der Waals surface area (Å²) >= 11 is 5.47. The molecule has 0 spiro atoms. The Morgan fingerprint density at radius 2 is 1.93 bits per heavy atom. The number of nitrogens with one attached hydrogen (secondary N) is 1. The van der Waals surface area contributed by atoms with Crippen molar-refractivity contribution in [1.29, 1.82) is 0 Å². The Balaban J connectivity index is 3.95. The highest BCUT2D eigenvalue weighted by Crippen LogP contribution is 2.03. The van der Waals surface area contributed by atoms with Gasteiger partial charge >= 0.3 is 5.97 Å². The first-order chi connectivity index (χ1) is 6.99. The van der Waals surface area contributed by atoms with E-state index < -0.39 is 12.0 Å². The largest absolute Gasteiger partial charge is 0.480 e. The van der Waals surface area contributed by atoms with Crippen LogP contribution >= 0.6 is 11.6 Å². The standard InChI is InChI=1S/C10H18ClNO3/c1-7(2)9(10(14)15)12-8(13)5-3-4-6-11/h7,9H,3-6H2,1-2H3,(H,12,13)(H,14,15). The zero-order valence-electron chi connectivity index (χ0n) is 9.12. The Bertz CT molecular complexity index is 219. The molecule has 0 bridgehead atoms. The smallest absolute Gasteiger partial charge is 0.326 e. The van der Waals surface area contributed by atoms with Gasteiger partial charge in [-0.25, -0.2) is 4.79 Å². The summed E-state index contributed by atoms with van der Waals surface area (Å²) in [6.45, 7) is 3.52. The van der Waals surface area contributed by atoms with Gasteiger partial charge in [-0.05, 0) is 18.8 Å². The number of hydrogen-bond acceptors (Lipinski definition) is 2. The lowest BCUT2D eigenvalue weighted by Gasteiger charge is -2.17.